The van der Waals surface area contributed by atoms with Gasteiger partial charge in [0, 0.05) is 63.4 Å². The Morgan fingerprint density at radius 3 is 1.92 bits per heavy atom. The van der Waals surface area contributed by atoms with Crippen molar-refractivity contribution in [3.8, 4) is 0 Å². The molecule has 21 heteroatoms. The van der Waals surface area contributed by atoms with Crippen LogP contribution in [-0.2, 0) is 76.2 Å². The van der Waals surface area contributed by atoms with Gasteiger partial charge in [0.15, 0.2) is 11.7 Å². The lowest BCUT2D eigenvalue weighted by atomic mass is 9.51. The zero-order valence-corrected chi connectivity index (χ0v) is 47.5. The highest BCUT2D eigenvalue weighted by atomic mass is 33.1. The number of carbonyl (C=O) groups is 9. The number of hydrogen-bond donors (Lipinski definition) is 1. The van der Waals surface area contributed by atoms with Crippen molar-refractivity contribution in [2.45, 2.75) is 161 Å². The Bertz CT molecular complexity index is 2510. The van der Waals surface area contributed by atoms with Gasteiger partial charge in [-0.25, -0.2) is 14.4 Å². The smallest absolute Gasteiger partial charge is 0.408 e. The van der Waals surface area contributed by atoms with E-state index in [0.29, 0.717) is 53.9 Å². The van der Waals surface area contributed by atoms with Crippen molar-refractivity contribution in [3.05, 3.63) is 82.9 Å². The molecule has 1 saturated heterocycles. The highest BCUT2D eigenvalue weighted by Gasteiger charge is 2.68. The Hall–Kier alpha value is -5.93. The minimum absolute atomic E-state index is 0.00274. The number of fused-ring (bicyclic) bond motifs is 5. The zero-order chi connectivity index (χ0) is 57.0. The number of benzene rings is 2. The van der Waals surface area contributed by atoms with Crippen molar-refractivity contribution in [3.63, 3.8) is 0 Å². The number of hydrogen-bond acceptors (Lipinski definition) is 20. The fraction of sp³-hybridized carbons (Fsp3) is 0.596. The number of ether oxygens (including phenoxy) is 9. The van der Waals surface area contributed by atoms with Crippen molar-refractivity contribution >= 4 is 75.2 Å². The van der Waals surface area contributed by atoms with E-state index >= 15 is 4.79 Å². The monoisotopic (exact) mass is 1120 g/mol. The van der Waals surface area contributed by atoms with Crippen LogP contribution in [0.5, 0.6) is 0 Å². The second-order valence-corrected chi connectivity index (χ2v) is 24.3. The molecule has 3 fully saturated rings. The average Bonchev–Trinajstić information content (AvgIpc) is 3.55. The highest BCUT2D eigenvalue weighted by molar-refractivity contribution is 8.76. The number of carbonyl (C=O) groups excluding carboxylic acids is 9. The Kier molecular flexibility index (Phi) is 21.4. The van der Waals surface area contributed by atoms with E-state index in [2.05, 4.69) is 5.32 Å². The minimum Gasteiger partial charge on any atom is -0.462 e. The first kappa shape index (κ1) is 61.3. The number of amides is 1. The predicted octanol–water partition coefficient (Wildman–Crippen LogP) is 8.34. The van der Waals surface area contributed by atoms with Gasteiger partial charge in [0.1, 0.15) is 49.0 Å². The van der Waals surface area contributed by atoms with Crippen LogP contribution < -0.4 is 5.32 Å². The van der Waals surface area contributed by atoms with Crippen LogP contribution in [0.1, 0.15) is 136 Å². The Labute approximate surface area is 463 Å². The van der Waals surface area contributed by atoms with Gasteiger partial charge in [-0.15, -0.1) is 0 Å². The van der Waals surface area contributed by atoms with Crippen LogP contribution in [0.2, 0.25) is 0 Å². The molecule has 2 saturated carbocycles. The summed E-state index contributed by atoms with van der Waals surface area (Å²) in [6.45, 7) is 14.0. The Morgan fingerprint density at radius 2 is 1.37 bits per heavy atom. The van der Waals surface area contributed by atoms with E-state index in [9.17, 15) is 38.4 Å². The number of ketones is 1. The number of rotatable bonds is 23. The summed E-state index contributed by atoms with van der Waals surface area (Å²) in [5.41, 5.74) is -1.08. The molecule has 2 aromatic rings. The molecule has 1 heterocycles. The third-order valence-electron chi connectivity index (χ3n) is 14.5. The molecular formula is C57H73NO18S2. The molecule has 426 valence electrons. The van der Waals surface area contributed by atoms with Gasteiger partial charge >= 0.3 is 47.9 Å². The summed E-state index contributed by atoms with van der Waals surface area (Å²) in [4.78, 5) is 120. The topological polar surface area (TPSA) is 249 Å². The highest BCUT2D eigenvalue weighted by Crippen LogP contribution is 2.59. The van der Waals surface area contributed by atoms with Gasteiger partial charge in [0.25, 0.3) is 0 Å². The first-order valence-electron chi connectivity index (χ1n) is 26.3. The van der Waals surface area contributed by atoms with Crippen LogP contribution in [0.15, 0.2) is 71.8 Å². The summed E-state index contributed by atoms with van der Waals surface area (Å²) in [7, 11) is 2.93. The SMILES string of the molecule is CC(=O)OCC(COC(C)=O)OC(=O)CCCSSCCCC(=O)OC(C(=O)O[C@H]1CC2[C@@H](OC(=O)c3ccccc3)C3C(CC[C@H]4OC[C@@]34OC(C)=O)C(=O)CC(=C1C)C2(C)C)[C@@H](NC(=O)OC(C)(C)C)c1ccccc1. The van der Waals surface area contributed by atoms with Crippen LogP contribution in [0.4, 0.5) is 4.79 Å². The first-order valence-corrected chi connectivity index (χ1v) is 28.8. The summed E-state index contributed by atoms with van der Waals surface area (Å²) < 4.78 is 52.2. The van der Waals surface area contributed by atoms with Crippen molar-refractivity contribution < 1.29 is 85.8 Å². The van der Waals surface area contributed by atoms with Gasteiger partial charge in [-0.05, 0) is 88.5 Å². The molecule has 3 aliphatic carbocycles. The molecule has 4 aliphatic rings. The largest absolute Gasteiger partial charge is 0.462 e. The van der Waals surface area contributed by atoms with E-state index in [4.69, 9.17) is 42.6 Å². The molecule has 6 rings (SSSR count). The van der Waals surface area contributed by atoms with Crippen molar-refractivity contribution in [1.29, 1.82) is 0 Å². The number of allylic oxidation sites excluding steroid dienone is 1. The Morgan fingerprint density at radius 1 is 0.782 bits per heavy atom. The van der Waals surface area contributed by atoms with E-state index in [0.717, 1.165) is 0 Å². The van der Waals surface area contributed by atoms with Gasteiger partial charge in [-0.3, -0.25) is 28.8 Å². The van der Waals surface area contributed by atoms with Gasteiger partial charge in [0.05, 0.1) is 18.1 Å². The summed E-state index contributed by atoms with van der Waals surface area (Å²) in [6.07, 6.45) is -4.61. The maximum Gasteiger partial charge on any atom is 0.408 e. The van der Waals surface area contributed by atoms with E-state index in [1.54, 1.807) is 88.4 Å². The third-order valence-corrected chi connectivity index (χ3v) is 17.0. The molecular weight excluding hydrogens is 1050 g/mol. The molecule has 19 nitrogen and oxygen atoms in total. The fourth-order valence-electron chi connectivity index (χ4n) is 10.8. The normalized spacial score (nSPS) is 23.9. The van der Waals surface area contributed by atoms with E-state index in [1.165, 1.54) is 42.4 Å². The lowest BCUT2D eigenvalue weighted by Gasteiger charge is -2.61. The molecule has 2 aromatic carbocycles. The van der Waals surface area contributed by atoms with Gasteiger partial charge in [0.2, 0.25) is 6.10 Å². The maximum atomic E-state index is 15.1. The van der Waals surface area contributed by atoms with Gasteiger partial charge in [-0.2, -0.15) is 0 Å². The number of alkyl carbamates (subject to hydrolysis) is 1. The molecule has 0 aromatic heterocycles. The van der Waals surface area contributed by atoms with E-state index in [1.807, 2.05) is 13.8 Å². The molecule has 2 bridgehead atoms. The lowest BCUT2D eigenvalue weighted by Crippen LogP contribution is -2.73. The molecule has 9 atom stereocenters. The lowest BCUT2D eigenvalue weighted by molar-refractivity contribution is -0.309. The van der Waals surface area contributed by atoms with Crippen LogP contribution in [0, 0.1) is 23.2 Å². The first-order chi connectivity index (χ1) is 36.9. The number of Topliss-reactive ketones (excluding diaryl/α,β-unsaturated/α-hetero) is 1. The van der Waals surface area contributed by atoms with E-state index < -0.39 is 119 Å². The standard InChI is InChI=1S/C57H73NO18S2/c1-33-41-28-43(62)40-24-25-45-57(32-70-45,75-36(4)61)48(40)50(74-52(65)38-20-14-11-15-21-38)42(56(41,8)9)29-44(33)72-53(66)51(49(37-18-12-10-13-19-37)58-54(67)76-55(5,6)7)73-47(64)23-17-27-78-77-26-16-22-46(63)71-39(30-68-34(2)59)31-69-35(3)60/h10-15,18-21,39-40,42,44-45,48-51H,16-17,22-32H2,1-9H3,(H,58,67)/t40?,42?,44-,45+,48?,49-,50+,51?,57-/m0/s1. The van der Waals surface area contributed by atoms with E-state index in [-0.39, 0.29) is 56.9 Å². The molecule has 1 amide bonds. The fourth-order valence-corrected chi connectivity index (χ4v) is 13.0. The summed E-state index contributed by atoms with van der Waals surface area (Å²) in [6, 6.07) is 15.6. The quantitative estimate of drug-likeness (QED) is 0.0361. The summed E-state index contributed by atoms with van der Waals surface area (Å²) in [5, 5.41) is 2.76. The number of nitrogens with one attached hydrogen (secondary N) is 1. The van der Waals surface area contributed by atoms with Crippen LogP contribution >= 0.6 is 21.6 Å². The van der Waals surface area contributed by atoms with Crippen molar-refractivity contribution in [2.24, 2.45) is 23.2 Å². The molecule has 78 heavy (non-hydrogen) atoms. The Balaban J connectivity index is 1.22. The van der Waals surface area contributed by atoms with Gasteiger partial charge < -0.3 is 47.9 Å². The summed E-state index contributed by atoms with van der Waals surface area (Å²) in [5.74, 6) is -5.88. The molecule has 0 radical (unpaired) electrons. The predicted molar refractivity (Wildman–Crippen MR) is 285 cm³/mol. The molecule has 1 N–H and O–H groups in total. The second kappa shape index (κ2) is 27.3. The molecule has 4 unspecified atom stereocenters. The maximum absolute atomic E-state index is 15.1. The van der Waals surface area contributed by atoms with Crippen LogP contribution in [0.25, 0.3) is 0 Å². The second-order valence-electron chi connectivity index (χ2n) is 21.6. The molecule has 0 spiro atoms. The van der Waals surface area contributed by atoms with Crippen LogP contribution in [-0.4, -0.2) is 127 Å². The van der Waals surface area contributed by atoms with Crippen molar-refractivity contribution in [2.75, 3.05) is 31.3 Å². The van der Waals surface area contributed by atoms with Crippen molar-refractivity contribution in [1.82, 2.24) is 5.32 Å². The van der Waals surface area contributed by atoms with Crippen LogP contribution in [0.3, 0.4) is 0 Å². The summed E-state index contributed by atoms with van der Waals surface area (Å²) >= 11 is 0. The number of esters is 7. The zero-order valence-electron chi connectivity index (χ0n) is 45.8. The van der Waals surface area contributed by atoms with Gasteiger partial charge in [-0.1, -0.05) is 89.5 Å². The molecule has 1 aliphatic heterocycles. The third kappa shape index (κ3) is 16.1. The minimum atomic E-state index is -1.76. The average molecular weight is 1120 g/mol.